The first-order chi connectivity index (χ1) is 9.72. The first-order valence-electron chi connectivity index (χ1n) is 6.67. The maximum absolute atomic E-state index is 5.81. The molecule has 0 aliphatic carbocycles. The van der Waals surface area contributed by atoms with Gasteiger partial charge in [0.2, 0.25) is 5.89 Å². The molecule has 5 nitrogen and oxygen atoms in total. The molecule has 0 radical (unpaired) electrons. The molecule has 0 saturated carbocycles. The van der Waals surface area contributed by atoms with Gasteiger partial charge in [0.1, 0.15) is 5.75 Å². The third kappa shape index (κ3) is 3.95. The van der Waals surface area contributed by atoms with Crippen molar-refractivity contribution in [2.24, 2.45) is 0 Å². The van der Waals surface area contributed by atoms with Crippen LogP contribution in [0.15, 0.2) is 28.7 Å². The highest BCUT2D eigenvalue weighted by molar-refractivity contribution is 6.30. The van der Waals surface area contributed by atoms with Crippen LogP contribution in [0.5, 0.6) is 5.75 Å². The van der Waals surface area contributed by atoms with E-state index in [2.05, 4.69) is 22.4 Å². The maximum Gasteiger partial charge on any atom is 0.253 e. The number of benzene rings is 1. The number of ether oxygens (including phenoxy) is 1. The summed E-state index contributed by atoms with van der Waals surface area (Å²) >= 11 is 5.81. The summed E-state index contributed by atoms with van der Waals surface area (Å²) < 4.78 is 11.2. The fraction of sp³-hybridized carbons (Fsp3) is 0.429. The van der Waals surface area contributed by atoms with Crippen molar-refractivity contribution in [2.75, 3.05) is 6.54 Å². The molecule has 2 rings (SSSR count). The number of nitrogens with zero attached hydrogens (tertiary/aromatic N) is 2. The van der Waals surface area contributed by atoms with Crippen LogP contribution in [0.4, 0.5) is 0 Å². The molecule has 1 unspecified atom stereocenters. The van der Waals surface area contributed by atoms with Gasteiger partial charge in [-0.1, -0.05) is 25.4 Å². The van der Waals surface area contributed by atoms with E-state index in [0.29, 0.717) is 22.6 Å². The van der Waals surface area contributed by atoms with Gasteiger partial charge in [0, 0.05) is 5.02 Å². The van der Waals surface area contributed by atoms with Crippen molar-refractivity contribution in [3.8, 4) is 5.75 Å². The molecule has 1 N–H and O–H groups in total. The Hall–Kier alpha value is -1.59. The Balaban J connectivity index is 1.93. The van der Waals surface area contributed by atoms with E-state index in [1.54, 1.807) is 24.3 Å². The van der Waals surface area contributed by atoms with Gasteiger partial charge in [-0.3, -0.25) is 0 Å². The molecule has 20 heavy (non-hydrogen) atoms. The fourth-order valence-corrected chi connectivity index (χ4v) is 1.92. The Morgan fingerprint density at radius 2 is 2.00 bits per heavy atom. The summed E-state index contributed by atoms with van der Waals surface area (Å²) in [5.41, 5.74) is 0. The molecule has 108 valence electrons. The zero-order valence-electron chi connectivity index (χ0n) is 11.6. The highest BCUT2D eigenvalue weighted by atomic mass is 35.5. The van der Waals surface area contributed by atoms with Gasteiger partial charge in [-0.2, -0.15) is 0 Å². The van der Waals surface area contributed by atoms with Crippen LogP contribution < -0.4 is 10.1 Å². The van der Waals surface area contributed by atoms with Crippen molar-refractivity contribution in [2.45, 2.75) is 32.9 Å². The molecule has 0 aliphatic rings. The lowest BCUT2D eigenvalue weighted by molar-refractivity contribution is 0.253. The molecule has 0 spiro atoms. The maximum atomic E-state index is 5.81. The van der Waals surface area contributed by atoms with Gasteiger partial charge in [-0.15, -0.1) is 10.2 Å². The van der Waals surface area contributed by atoms with Crippen molar-refractivity contribution in [1.82, 2.24) is 15.5 Å². The highest BCUT2D eigenvalue weighted by Gasteiger charge is 2.15. The summed E-state index contributed by atoms with van der Waals surface area (Å²) in [4.78, 5) is 0. The Bertz CT molecular complexity index is 527. The number of rotatable bonds is 7. The minimum absolute atomic E-state index is 0.0942. The third-order valence-electron chi connectivity index (χ3n) is 2.82. The number of aromatic nitrogens is 2. The average Bonchev–Trinajstić information content (AvgIpc) is 2.93. The Kier molecular flexibility index (Phi) is 5.38. The normalized spacial score (nSPS) is 12.3. The van der Waals surface area contributed by atoms with Gasteiger partial charge in [0.15, 0.2) is 6.61 Å². The first kappa shape index (κ1) is 14.8. The van der Waals surface area contributed by atoms with Crippen molar-refractivity contribution in [3.63, 3.8) is 0 Å². The van der Waals surface area contributed by atoms with Crippen molar-refractivity contribution < 1.29 is 9.15 Å². The van der Waals surface area contributed by atoms with E-state index < -0.39 is 0 Å². The van der Waals surface area contributed by atoms with Crippen LogP contribution in [-0.4, -0.2) is 16.7 Å². The summed E-state index contributed by atoms with van der Waals surface area (Å²) in [6.45, 7) is 5.22. The lowest BCUT2D eigenvalue weighted by Gasteiger charge is -2.10. The van der Waals surface area contributed by atoms with E-state index in [0.717, 1.165) is 13.0 Å². The minimum atomic E-state index is 0.0942. The van der Waals surface area contributed by atoms with E-state index in [1.807, 2.05) is 6.92 Å². The fourth-order valence-electron chi connectivity index (χ4n) is 1.79. The molecule has 0 bridgehead atoms. The van der Waals surface area contributed by atoms with Gasteiger partial charge in [0.25, 0.3) is 5.89 Å². The predicted octanol–water partition coefficient (Wildman–Crippen LogP) is 3.36. The van der Waals surface area contributed by atoms with E-state index in [-0.39, 0.29) is 12.6 Å². The van der Waals surface area contributed by atoms with Crippen molar-refractivity contribution in [1.29, 1.82) is 0 Å². The van der Waals surface area contributed by atoms with Crippen LogP contribution in [0, 0.1) is 0 Å². The van der Waals surface area contributed by atoms with E-state index in [1.165, 1.54) is 0 Å². The number of hydrogen-bond acceptors (Lipinski definition) is 5. The van der Waals surface area contributed by atoms with Crippen molar-refractivity contribution >= 4 is 11.6 Å². The first-order valence-corrected chi connectivity index (χ1v) is 7.04. The van der Waals surface area contributed by atoms with Crippen LogP contribution in [0.2, 0.25) is 5.02 Å². The summed E-state index contributed by atoms with van der Waals surface area (Å²) in [5, 5.41) is 12.0. The van der Waals surface area contributed by atoms with Crippen LogP contribution in [0.3, 0.4) is 0 Å². The van der Waals surface area contributed by atoms with E-state index in [9.17, 15) is 0 Å². The van der Waals surface area contributed by atoms with Crippen LogP contribution in [0.25, 0.3) is 0 Å². The number of hydrogen-bond donors (Lipinski definition) is 1. The summed E-state index contributed by atoms with van der Waals surface area (Å²) in [6, 6.07) is 7.24. The molecule has 0 saturated heterocycles. The zero-order chi connectivity index (χ0) is 14.4. The van der Waals surface area contributed by atoms with Gasteiger partial charge in [-0.05, 0) is 37.2 Å². The third-order valence-corrected chi connectivity index (χ3v) is 3.07. The van der Waals surface area contributed by atoms with Gasteiger partial charge >= 0.3 is 0 Å². The Morgan fingerprint density at radius 1 is 1.25 bits per heavy atom. The Labute approximate surface area is 123 Å². The standard InChI is InChI=1S/C14H18ClN3O2/c1-3-12(16-4-2)14-18-17-13(20-14)9-19-11-7-5-10(15)6-8-11/h5-8,12,16H,3-4,9H2,1-2H3. The lowest BCUT2D eigenvalue weighted by Crippen LogP contribution is -2.20. The zero-order valence-corrected chi connectivity index (χ0v) is 12.4. The van der Waals surface area contributed by atoms with Crippen LogP contribution in [0.1, 0.15) is 38.1 Å². The molecule has 2 aromatic rings. The second-order valence-electron chi connectivity index (χ2n) is 4.30. The Morgan fingerprint density at radius 3 is 2.65 bits per heavy atom. The number of halogens is 1. The molecular formula is C14H18ClN3O2. The lowest BCUT2D eigenvalue weighted by atomic mass is 10.2. The van der Waals surface area contributed by atoms with Gasteiger partial charge < -0.3 is 14.5 Å². The largest absolute Gasteiger partial charge is 0.484 e. The van der Waals surface area contributed by atoms with Gasteiger partial charge in [-0.25, -0.2) is 0 Å². The quantitative estimate of drug-likeness (QED) is 0.848. The summed E-state index contributed by atoms with van der Waals surface area (Å²) in [6.07, 6.45) is 0.896. The van der Waals surface area contributed by atoms with Crippen LogP contribution >= 0.6 is 11.6 Å². The van der Waals surface area contributed by atoms with E-state index in [4.69, 9.17) is 20.8 Å². The minimum Gasteiger partial charge on any atom is -0.484 e. The van der Waals surface area contributed by atoms with E-state index >= 15 is 0 Å². The molecule has 1 atom stereocenters. The number of nitrogens with one attached hydrogen (secondary N) is 1. The molecular weight excluding hydrogens is 278 g/mol. The second kappa shape index (κ2) is 7.26. The van der Waals surface area contributed by atoms with Crippen molar-refractivity contribution in [3.05, 3.63) is 41.1 Å². The molecule has 6 heteroatoms. The monoisotopic (exact) mass is 295 g/mol. The average molecular weight is 296 g/mol. The smallest absolute Gasteiger partial charge is 0.253 e. The van der Waals surface area contributed by atoms with Crippen LogP contribution in [-0.2, 0) is 6.61 Å². The summed E-state index contributed by atoms with van der Waals surface area (Å²) in [5.74, 6) is 1.78. The van der Waals surface area contributed by atoms with Gasteiger partial charge in [0.05, 0.1) is 6.04 Å². The molecule has 1 aromatic heterocycles. The molecule has 1 heterocycles. The predicted molar refractivity (Wildman–Crippen MR) is 76.8 cm³/mol. The molecule has 0 amide bonds. The topological polar surface area (TPSA) is 60.2 Å². The highest BCUT2D eigenvalue weighted by Crippen LogP contribution is 2.18. The molecule has 1 aromatic carbocycles. The second-order valence-corrected chi connectivity index (χ2v) is 4.73. The SMILES string of the molecule is CCNC(CC)c1nnc(COc2ccc(Cl)cc2)o1. The molecule has 0 fully saturated rings. The molecule has 0 aliphatic heterocycles. The summed E-state index contributed by atoms with van der Waals surface area (Å²) in [7, 11) is 0.